The van der Waals surface area contributed by atoms with Gasteiger partial charge in [0, 0.05) is 36.2 Å². The molecule has 0 saturated carbocycles. The van der Waals surface area contributed by atoms with Crippen LogP contribution in [0.2, 0.25) is 0 Å². The Morgan fingerprint density at radius 1 is 1.15 bits per heavy atom. The van der Waals surface area contributed by atoms with Gasteiger partial charge >= 0.3 is 5.69 Å². The SMILES string of the molecule is Cn1ccnc1Sc1ccc(NC(=O)Cn2nc3ccccn3c2=O)cc1. The van der Waals surface area contributed by atoms with Gasteiger partial charge in [-0.15, -0.1) is 5.10 Å². The number of amides is 1. The Labute approximate surface area is 158 Å². The highest BCUT2D eigenvalue weighted by Crippen LogP contribution is 2.26. The molecule has 4 aromatic rings. The highest BCUT2D eigenvalue weighted by molar-refractivity contribution is 7.99. The molecule has 27 heavy (non-hydrogen) atoms. The number of nitrogens with zero attached hydrogens (tertiary/aromatic N) is 5. The number of aryl methyl sites for hydroxylation is 1. The monoisotopic (exact) mass is 380 g/mol. The molecule has 0 atom stereocenters. The van der Waals surface area contributed by atoms with Crippen molar-refractivity contribution < 1.29 is 4.79 Å². The maximum atomic E-state index is 12.3. The first-order valence-corrected chi connectivity index (χ1v) is 9.01. The lowest BCUT2D eigenvalue weighted by Gasteiger charge is -2.06. The van der Waals surface area contributed by atoms with E-state index in [1.165, 1.54) is 16.2 Å². The van der Waals surface area contributed by atoms with Crippen molar-refractivity contribution in [3.63, 3.8) is 0 Å². The van der Waals surface area contributed by atoms with Gasteiger partial charge in [0.2, 0.25) is 5.91 Å². The number of fused-ring (bicyclic) bond motifs is 1. The van der Waals surface area contributed by atoms with E-state index in [0.29, 0.717) is 11.3 Å². The van der Waals surface area contributed by atoms with Crippen LogP contribution >= 0.6 is 11.8 Å². The zero-order valence-electron chi connectivity index (χ0n) is 14.4. The lowest BCUT2D eigenvalue weighted by molar-refractivity contribution is -0.117. The first-order valence-electron chi connectivity index (χ1n) is 8.19. The van der Waals surface area contributed by atoms with Crippen LogP contribution in [0.5, 0.6) is 0 Å². The molecule has 0 unspecified atom stereocenters. The van der Waals surface area contributed by atoms with Gasteiger partial charge in [-0.3, -0.25) is 9.20 Å². The van der Waals surface area contributed by atoms with E-state index in [4.69, 9.17) is 0 Å². The topological polar surface area (TPSA) is 86.2 Å². The van der Waals surface area contributed by atoms with Crippen molar-refractivity contribution in [2.45, 2.75) is 16.6 Å². The molecule has 0 aliphatic rings. The third-order valence-electron chi connectivity index (χ3n) is 3.91. The maximum absolute atomic E-state index is 12.3. The molecule has 0 spiro atoms. The van der Waals surface area contributed by atoms with Crippen LogP contribution in [0, 0.1) is 0 Å². The predicted molar refractivity (Wildman–Crippen MR) is 102 cm³/mol. The van der Waals surface area contributed by atoms with Crippen molar-refractivity contribution in [3.05, 3.63) is 71.5 Å². The number of rotatable bonds is 5. The third-order valence-corrected chi connectivity index (χ3v) is 4.99. The first-order chi connectivity index (χ1) is 13.1. The number of carbonyl (C=O) groups is 1. The summed E-state index contributed by atoms with van der Waals surface area (Å²) in [5, 5.41) is 7.82. The van der Waals surface area contributed by atoms with Gasteiger partial charge in [0.1, 0.15) is 6.54 Å². The second-order valence-corrected chi connectivity index (χ2v) is 6.91. The normalized spacial score (nSPS) is 11.0. The summed E-state index contributed by atoms with van der Waals surface area (Å²) in [7, 11) is 1.94. The molecule has 0 bridgehead atoms. The van der Waals surface area contributed by atoms with Crippen molar-refractivity contribution in [3.8, 4) is 0 Å². The van der Waals surface area contributed by atoms with Crippen LogP contribution in [0.3, 0.4) is 0 Å². The number of hydrogen-bond acceptors (Lipinski definition) is 5. The average molecular weight is 380 g/mol. The summed E-state index contributed by atoms with van der Waals surface area (Å²) in [6.45, 7) is -0.149. The highest BCUT2D eigenvalue weighted by Gasteiger charge is 2.11. The molecule has 1 aromatic carbocycles. The smallest absolute Gasteiger partial charge is 0.329 e. The number of anilines is 1. The predicted octanol–water partition coefficient (Wildman–Crippen LogP) is 2.02. The van der Waals surface area contributed by atoms with E-state index in [1.54, 1.807) is 30.6 Å². The third kappa shape index (κ3) is 3.63. The van der Waals surface area contributed by atoms with E-state index in [-0.39, 0.29) is 18.1 Å². The van der Waals surface area contributed by atoms with E-state index < -0.39 is 0 Å². The van der Waals surface area contributed by atoms with E-state index in [0.717, 1.165) is 14.7 Å². The lowest BCUT2D eigenvalue weighted by Crippen LogP contribution is -2.28. The van der Waals surface area contributed by atoms with Gasteiger partial charge in [-0.25, -0.2) is 14.5 Å². The minimum Gasteiger partial charge on any atom is -0.329 e. The first kappa shape index (κ1) is 17.1. The number of pyridine rings is 1. The van der Waals surface area contributed by atoms with E-state index in [1.807, 2.05) is 42.1 Å². The summed E-state index contributed by atoms with van der Waals surface area (Å²) in [4.78, 5) is 29.8. The summed E-state index contributed by atoms with van der Waals surface area (Å²) in [5.41, 5.74) is 0.814. The number of carbonyl (C=O) groups excluding carboxylic acids is 1. The van der Waals surface area contributed by atoms with E-state index in [9.17, 15) is 9.59 Å². The van der Waals surface area contributed by atoms with Crippen LogP contribution < -0.4 is 11.0 Å². The molecule has 8 nitrogen and oxygen atoms in total. The molecule has 3 aromatic heterocycles. The Kier molecular flexibility index (Phi) is 4.51. The fraction of sp³-hybridized carbons (Fsp3) is 0.111. The Morgan fingerprint density at radius 3 is 2.67 bits per heavy atom. The number of nitrogens with one attached hydrogen (secondary N) is 1. The fourth-order valence-electron chi connectivity index (χ4n) is 2.57. The van der Waals surface area contributed by atoms with Gasteiger partial charge in [0.05, 0.1) is 0 Å². The van der Waals surface area contributed by atoms with Crippen LogP contribution in [0.25, 0.3) is 5.65 Å². The van der Waals surface area contributed by atoms with Crippen LogP contribution in [0.15, 0.2) is 75.9 Å². The quantitative estimate of drug-likeness (QED) is 0.572. The number of benzene rings is 1. The van der Waals surface area contributed by atoms with Crippen molar-refractivity contribution in [1.82, 2.24) is 23.7 Å². The molecule has 0 aliphatic heterocycles. The number of hydrogen-bond donors (Lipinski definition) is 1. The van der Waals surface area contributed by atoms with E-state index in [2.05, 4.69) is 15.4 Å². The van der Waals surface area contributed by atoms with Gasteiger partial charge in [0.15, 0.2) is 10.8 Å². The van der Waals surface area contributed by atoms with Gasteiger partial charge in [-0.1, -0.05) is 17.8 Å². The highest BCUT2D eigenvalue weighted by atomic mass is 32.2. The molecule has 9 heteroatoms. The van der Waals surface area contributed by atoms with E-state index >= 15 is 0 Å². The molecule has 1 amide bonds. The summed E-state index contributed by atoms with van der Waals surface area (Å²) < 4.78 is 4.49. The number of aromatic nitrogens is 5. The Hall–Kier alpha value is -3.33. The lowest BCUT2D eigenvalue weighted by atomic mass is 10.3. The van der Waals surface area contributed by atoms with Gasteiger partial charge in [0.25, 0.3) is 0 Å². The van der Waals surface area contributed by atoms with Crippen LogP contribution in [0.4, 0.5) is 5.69 Å². The van der Waals surface area contributed by atoms with Crippen molar-refractivity contribution in [1.29, 1.82) is 0 Å². The second kappa shape index (κ2) is 7.12. The molecule has 0 radical (unpaired) electrons. The molecule has 1 N–H and O–H groups in total. The maximum Gasteiger partial charge on any atom is 0.350 e. The molecular weight excluding hydrogens is 364 g/mol. The largest absolute Gasteiger partial charge is 0.350 e. The summed E-state index contributed by atoms with van der Waals surface area (Å²) >= 11 is 1.54. The standard InChI is InChI=1S/C18H16N6O2S/c1-22-11-9-19-17(22)27-14-7-5-13(6-8-14)20-16(25)12-24-18(26)23-10-3-2-4-15(23)21-24/h2-11H,12H2,1H3,(H,20,25). The zero-order valence-corrected chi connectivity index (χ0v) is 15.3. The Balaban J connectivity index is 1.42. The van der Waals surface area contributed by atoms with Crippen LogP contribution in [0.1, 0.15) is 0 Å². The van der Waals surface area contributed by atoms with Gasteiger partial charge < -0.3 is 9.88 Å². The summed E-state index contributed by atoms with van der Waals surface area (Å²) in [5.74, 6) is -0.315. The van der Waals surface area contributed by atoms with Crippen LogP contribution in [-0.2, 0) is 18.4 Å². The Morgan fingerprint density at radius 2 is 1.96 bits per heavy atom. The van der Waals surface area contributed by atoms with Crippen molar-refractivity contribution >= 4 is 29.0 Å². The van der Waals surface area contributed by atoms with Crippen LogP contribution in [-0.4, -0.2) is 29.6 Å². The minimum atomic E-state index is -0.345. The molecule has 0 fully saturated rings. The summed E-state index contributed by atoms with van der Waals surface area (Å²) in [6.07, 6.45) is 5.26. The van der Waals surface area contributed by atoms with Crippen molar-refractivity contribution in [2.24, 2.45) is 7.05 Å². The molecule has 136 valence electrons. The molecule has 0 saturated heterocycles. The van der Waals surface area contributed by atoms with Gasteiger partial charge in [-0.05, 0) is 36.4 Å². The van der Waals surface area contributed by atoms with Crippen molar-refractivity contribution in [2.75, 3.05) is 5.32 Å². The molecular formula is C18H16N6O2S. The molecule has 3 heterocycles. The zero-order chi connectivity index (χ0) is 18.8. The molecule has 4 rings (SSSR count). The summed E-state index contributed by atoms with van der Waals surface area (Å²) in [6, 6.07) is 12.7. The average Bonchev–Trinajstić information content (AvgIpc) is 3.20. The fourth-order valence-corrected chi connectivity index (χ4v) is 3.37. The van der Waals surface area contributed by atoms with Gasteiger partial charge in [-0.2, -0.15) is 0 Å². The number of imidazole rings is 1. The molecule has 0 aliphatic carbocycles. The Bertz CT molecular complexity index is 1160. The second-order valence-electron chi connectivity index (χ2n) is 5.86. The minimum absolute atomic E-state index is 0.149.